The summed E-state index contributed by atoms with van der Waals surface area (Å²) in [5, 5.41) is 21.4. The molecule has 2 N–H and O–H groups in total. The van der Waals surface area contributed by atoms with E-state index in [0.717, 1.165) is 18.5 Å². The number of pyridine rings is 2. The second kappa shape index (κ2) is 11.6. The first-order valence-electron chi connectivity index (χ1n) is 12.5. The molecule has 0 aliphatic heterocycles. The van der Waals surface area contributed by atoms with Crippen molar-refractivity contribution in [3.8, 4) is 28.8 Å². The second-order valence-electron chi connectivity index (χ2n) is 9.22. The highest BCUT2D eigenvalue weighted by Crippen LogP contribution is 2.30. The fraction of sp³-hybridized carbons (Fsp3) is 0.346. The molecular weight excluding hydrogens is 524 g/mol. The Bertz CT molecular complexity index is 1460. The zero-order valence-electron chi connectivity index (χ0n) is 21.4. The van der Waals surface area contributed by atoms with Gasteiger partial charge in [0.05, 0.1) is 41.8 Å². The lowest BCUT2D eigenvalue weighted by atomic mass is 9.87. The van der Waals surface area contributed by atoms with Gasteiger partial charge < -0.3 is 19.9 Å². The summed E-state index contributed by atoms with van der Waals surface area (Å²) < 4.78 is 13.5. The van der Waals surface area contributed by atoms with Crippen LogP contribution < -0.4 is 14.8 Å². The van der Waals surface area contributed by atoms with Crippen LogP contribution in [0.3, 0.4) is 0 Å². The molecule has 1 saturated carbocycles. The van der Waals surface area contributed by atoms with E-state index in [1.165, 1.54) is 6.20 Å². The third-order valence-corrected chi connectivity index (χ3v) is 6.68. The first-order valence-corrected chi connectivity index (χ1v) is 12.9. The molecule has 0 radical (unpaired) electrons. The van der Waals surface area contributed by atoms with Crippen LogP contribution in [0.4, 0.5) is 5.95 Å². The van der Waals surface area contributed by atoms with Crippen molar-refractivity contribution in [3.63, 3.8) is 0 Å². The maximum Gasteiger partial charge on any atom is 0.306 e. The van der Waals surface area contributed by atoms with E-state index in [4.69, 9.17) is 26.1 Å². The van der Waals surface area contributed by atoms with Gasteiger partial charge in [-0.15, -0.1) is 5.10 Å². The van der Waals surface area contributed by atoms with Gasteiger partial charge in [-0.05, 0) is 56.9 Å². The Morgan fingerprint density at radius 1 is 1.18 bits per heavy atom. The quantitative estimate of drug-likeness (QED) is 0.284. The van der Waals surface area contributed by atoms with E-state index in [0.29, 0.717) is 64.9 Å². The number of nitrogens with one attached hydrogen (secondary N) is 1. The van der Waals surface area contributed by atoms with Crippen molar-refractivity contribution in [2.75, 3.05) is 5.32 Å². The van der Waals surface area contributed by atoms with Crippen LogP contribution in [-0.4, -0.2) is 52.1 Å². The minimum atomic E-state index is -0.763. The second-order valence-corrected chi connectivity index (χ2v) is 9.61. The Hall–Kier alpha value is -4.32. The molecule has 1 fully saturated rings. The van der Waals surface area contributed by atoms with Crippen LogP contribution in [-0.2, 0) is 18.4 Å². The fourth-order valence-electron chi connectivity index (χ4n) is 4.42. The van der Waals surface area contributed by atoms with Gasteiger partial charge >= 0.3 is 5.97 Å². The van der Waals surface area contributed by atoms with Gasteiger partial charge in [-0.25, -0.2) is 19.6 Å². The van der Waals surface area contributed by atoms with E-state index in [1.54, 1.807) is 36.1 Å². The third-order valence-electron chi connectivity index (χ3n) is 6.46. The fourth-order valence-corrected chi connectivity index (χ4v) is 4.54. The minimum Gasteiger partial charge on any atom is -0.489 e. The van der Waals surface area contributed by atoms with Crippen LogP contribution in [0, 0.1) is 12.8 Å². The molecule has 13 heteroatoms. The van der Waals surface area contributed by atoms with Crippen molar-refractivity contribution in [3.05, 3.63) is 59.3 Å². The number of aromatic nitrogens is 7. The molecule has 39 heavy (non-hydrogen) atoms. The number of carbonyl (C=O) groups is 1. The predicted molar refractivity (Wildman–Crippen MR) is 142 cm³/mol. The number of anilines is 1. The van der Waals surface area contributed by atoms with E-state index < -0.39 is 5.97 Å². The molecule has 0 bridgehead atoms. The highest BCUT2D eigenvalue weighted by Gasteiger charge is 2.28. The van der Waals surface area contributed by atoms with Gasteiger partial charge in [0.15, 0.2) is 0 Å². The summed E-state index contributed by atoms with van der Waals surface area (Å²) in [4.78, 5) is 28.8. The lowest BCUT2D eigenvalue weighted by Gasteiger charge is -2.27. The Balaban J connectivity index is 1.26. The lowest BCUT2D eigenvalue weighted by molar-refractivity contribution is -0.143. The van der Waals surface area contributed by atoms with Crippen molar-refractivity contribution < 1.29 is 19.4 Å². The number of carboxylic acid groups (broad SMARTS) is 1. The number of nitrogens with zero attached hydrogens (tertiary/aromatic N) is 7. The maximum atomic E-state index is 11.4. The highest BCUT2D eigenvalue weighted by molar-refractivity contribution is 6.29. The largest absolute Gasteiger partial charge is 0.489 e. The van der Waals surface area contributed by atoms with Gasteiger partial charge in [0.1, 0.15) is 22.3 Å². The predicted octanol–water partition coefficient (Wildman–Crippen LogP) is 4.45. The van der Waals surface area contributed by atoms with Gasteiger partial charge in [-0.3, -0.25) is 4.79 Å². The summed E-state index contributed by atoms with van der Waals surface area (Å²) in [6.45, 7) is 2.20. The summed E-state index contributed by atoms with van der Waals surface area (Å²) >= 11 is 5.83. The molecule has 0 spiro atoms. The first kappa shape index (κ1) is 26.3. The summed E-state index contributed by atoms with van der Waals surface area (Å²) in [5.74, 6) is 0.722. The van der Waals surface area contributed by atoms with Crippen LogP contribution in [0.5, 0.6) is 17.4 Å². The van der Waals surface area contributed by atoms with E-state index in [-0.39, 0.29) is 12.0 Å². The first-order chi connectivity index (χ1) is 18.9. The van der Waals surface area contributed by atoms with Gasteiger partial charge in [-0.1, -0.05) is 16.8 Å². The molecule has 5 rings (SSSR count). The number of aliphatic carboxylic acids is 1. The van der Waals surface area contributed by atoms with Gasteiger partial charge in [0.25, 0.3) is 0 Å². The average Bonchev–Trinajstić information content (AvgIpc) is 3.30. The van der Waals surface area contributed by atoms with Crippen LogP contribution in [0.15, 0.2) is 42.7 Å². The molecule has 0 saturated heterocycles. The minimum absolute atomic E-state index is 0.141. The molecule has 0 amide bonds. The average molecular weight is 551 g/mol. The van der Waals surface area contributed by atoms with Crippen molar-refractivity contribution in [2.24, 2.45) is 13.0 Å². The zero-order chi connectivity index (χ0) is 27.4. The van der Waals surface area contributed by atoms with Crippen molar-refractivity contribution in [1.29, 1.82) is 0 Å². The number of halogens is 1. The third kappa shape index (κ3) is 6.40. The molecule has 202 valence electrons. The van der Waals surface area contributed by atoms with Gasteiger partial charge in [0, 0.05) is 19.3 Å². The topological polar surface area (TPSA) is 150 Å². The normalized spacial score (nSPS) is 17.0. The Kier molecular flexibility index (Phi) is 7.82. The number of aryl methyl sites for hydroxylation is 2. The van der Waals surface area contributed by atoms with E-state index in [2.05, 4.69) is 30.6 Å². The van der Waals surface area contributed by atoms with E-state index in [1.807, 2.05) is 19.1 Å². The number of hydrogen-bond donors (Lipinski definition) is 2. The molecular formula is C26H27ClN8O4. The molecule has 12 nitrogen and oxygen atoms in total. The van der Waals surface area contributed by atoms with Crippen molar-refractivity contribution in [2.45, 2.75) is 45.3 Å². The summed E-state index contributed by atoms with van der Waals surface area (Å²) in [7, 11) is 1.80. The number of carboxylic acids is 1. The number of hydrogen-bond acceptors (Lipinski definition) is 10. The Morgan fingerprint density at radius 3 is 2.82 bits per heavy atom. The van der Waals surface area contributed by atoms with E-state index >= 15 is 0 Å². The molecule has 2 atom stereocenters. The van der Waals surface area contributed by atoms with Crippen LogP contribution in [0.2, 0.25) is 5.15 Å². The van der Waals surface area contributed by atoms with Crippen molar-refractivity contribution >= 4 is 23.5 Å². The highest BCUT2D eigenvalue weighted by atomic mass is 35.5. The zero-order valence-corrected chi connectivity index (χ0v) is 22.2. The monoisotopic (exact) mass is 550 g/mol. The molecule has 4 heterocycles. The Labute approximate surface area is 229 Å². The standard InChI is InChI=1S/C26H27ClN8O4/c1-15-21(38-17-5-3-4-16(12-17)25(36)37)8-7-19(31-15)24-20(35(2)34-33-24)14-30-26-28-11-10-23(32-26)39-18-6-9-22(27)29-13-18/h6-11,13,16-17H,3-5,12,14H2,1-2H3,(H,36,37)(H,28,30,32)/t16-,17-/m0/s1. The molecule has 0 unspecified atom stereocenters. The number of ether oxygens (including phenoxy) is 2. The molecule has 1 aliphatic carbocycles. The van der Waals surface area contributed by atoms with E-state index in [9.17, 15) is 9.90 Å². The van der Waals surface area contributed by atoms with Crippen molar-refractivity contribution in [1.82, 2.24) is 34.9 Å². The molecule has 0 aromatic carbocycles. The van der Waals surface area contributed by atoms with Gasteiger partial charge in [-0.2, -0.15) is 4.98 Å². The Morgan fingerprint density at radius 2 is 2.05 bits per heavy atom. The van der Waals surface area contributed by atoms with Crippen LogP contribution >= 0.6 is 11.6 Å². The summed E-state index contributed by atoms with van der Waals surface area (Å²) in [6.07, 6.45) is 5.81. The van der Waals surface area contributed by atoms with Gasteiger partial charge in [0.2, 0.25) is 11.8 Å². The molecule has 4 aromatic heterocycles. The van der Waals surface area contributed by atoms with Crippen LogP contribution in [0.25, 0.3) is 11.4 Å². The molecule has 1 aliphatic rings. The molecule has 4 aromatic rings. The SMILES string of the molecule is Cc1nc(-c2nnn(C)c2CNc2nccc(Oc3ccc(Cl)nc3)n2)ccc1O[C@H]1CCC[C@H](C(=O)O)C1. The smallest absolute Gasteiger partial charge is 0.306 e. The summed E-state index contributed by atoms with van der Waals surface area (Å²) in [6, 6.07) is 8.66. The lowest BCUT2D eigenvalue weighted by Crippen LogP contribution is -2.29. The summed E-state index contributed by atoms with van der Waals surface area (Å²) in [5.41, 5.74) is 2.73. The maximum absolute atomic E-state index is 11.4. The number of rotatable bonds is 9. The van der Waals surface area contributed by atoms with Crippen LogP contribution in [0.1, 0.15) is 37.1 Å².